The Bertz CT molecular complexity index is 2200. The first-order valence-electron chi connectivity index (χ1n) is 39.8. The van der Waals surface area contributed by atoms with E-state index in [0.717, 1.165) is 34.5 Å². The van der Waals surface area contributed by atoms with E-state index in [-0.39, 0.29) is 6.15 Å². The molecule has 9 aromatic heterocycles. The molecule has 0 saturated heterocycles. The highest BCUT2D eigenvalue weighted by molar-refractivity contribution is 5.14. The topological polar surface area (TPSA) is 228 Å². The molecule has 0 atom stereocenters. The maximum absolute atomic E-state index is 4.18. The third-order valence-corrected chi connectivity index (χ3v) is 11.2. The van der Waals surface area contributed by atoms with Crippen LogP contribution in [0.3, 0.4) is 0 Å². The van der Waals surface area contributed by atoms with Gasteiger partial charge in [-0.15, -0.1) is 0 Å². The average Bonchev–Trinajstić information content (AvgIpc) is 1.55. The molecule has 16 nitrogen and oxygen atoms in total. The van der Waals surface area contributed by atoms with Gasteiger partial charge >= 0.3 is 0 Å². The molecule has 9 heterocycles. The molecule has 0 spiro atoms. The lowest BCUT2D eigenvalue weighted by Crippen LogP contribution is -1.93. The van der Waals surface area contributed by atoms with Crippen LogP contribution in [0.2, 0.25) is 0 Å². The Kier molecular flexibility index (Phi) is 119. The first-order chi connectivity index (χ1) is 50.5. The van der Waals surface area contributed by atoms with Crippen LogP contribution < -0.4 is 6.15 Å². The molecule has 0 fully saturated rings. The summed E-state index contributed by atoms with van der Waals surface area (Å²) in [6, 6.07) is 23.8. The van der Waals surface area contributed by atoms with Crippen molar-refractivity contribution in [1.29, 1.82) is 0 Å². The van der Waals surface area contributed by atoms with E-state index in [4.69, 9.17) is 0 Å². The van der Waals surface area contributed by atoms with E-state index in [2.05, 4.69) is 227 Å². The van der Waals surface area contributed by atoms with Crippen molar-refractivity contribution in [2.75, 3.05) is 0 Å². The Hall–Kier alpha value is -8.11. The summed E-state index contributed by atoms with van der Waals surface area (Å²) in [4.78, 5) is 44.0. The quantitative estimate of drug-likeness (QED) is 0.142. The van der Waals surface area contributed by atoms with E-state index in [9.17, 15) is 0 Å². The third-order valence-electron chi connectivity index (χ3n) is 11.2. The molecule has 606 valence electrons. The lowest BCUT2D eigenvalue weighted by atomic mass is 10.1. The van der Waals surface area contributed by atoms with E-state index in [1.807, 2.05) is 242 Å². The Labute approximate surface area is 656 Å². The van der Waals surface area contributed by atoms with Crippen LogP contribution in [0.1, 0.15) is 388 Å². The molecule has 0 amide bonds. The molecule has 0 saturated carbocycles. The molecule has 3 N–H and O–H groups in total. The fourth-order valence-electron chi connectivity index (χ4n) is 5.92. The molecule has 106 heavy (non-hydrogen) atoms. The summed E-state index contributed by atoms with van der Waals surface area (Å²) in [5, 5.41) is 15.1. The Morgan fingerprint density at radius 2 is 0.594 bits per heavy atom. The summed E-state index contributed by atoms with van der Waals surface area (Å²) in [6.45, 7) is 84.8. The summed E-state index contributed by atoms with van der Waals surface area (Å²) >= 11 is 0. The molecule has 9 aromatic rings. The van der Waals surface area contributed by atoms with Crippen LogP contribution >= 0.6 is 0 Å². The highest BCUT2D eigenvalue weighted by Crippen LogP contribution is 2.14. The smallest absolute Gasteiger partial charge is 0.130 e. The van der Waals surface area contributed by atoms with E-state index in [1.54, 1.807) is 74.6 Å². The van der Waals surface area contributed by atoms with Crippen LogP contribution in [0.15, 0.2) is 185 Å². The van der Waals surface area contributed by atoms with Gasteiger partial charge in [0.05, 0.1) is 17.6 Å². The fourth-order valence-corrected chi connectivity index (χ4v) is 5.92. The molecule has 0 aromatic carbocycles. The van der Waals surface area contributed by atoms with Crippen molar-refractivity contribution in [2.24, 2.45) is 5.92 Å². The van der Waals surface area contributed by atoms with Crippen molar-refractivity contribution in [2.45, 2.75) is 337 Å². The number of hydrogen-bond donors (Lipinski definition) is 1. The Morgan fingerprint density at radius 3 is 0.849 bits per heavy atom. The van der Waals surface area contributed by atoms with Gasteiger partial charge in [0.25, 0.3) is 0 Å². The van der Waals surface area contributed by atoms with E-state index < -0.39 is 0 Å². The van der Waals surface area contributed by atoms with E-state index >= 15 is 0 Å². The van der Waals surface area contributed by atoms with Crippen LogP contribution in [0, 0.1) is 5.92 Å². The Morgan fingerprint density at radius 1 is 0.208 bits per heavy atom. The number of hydrogen-bond acceptors (Lipinski definition) is 16. The van der Waals surface area contributed by atoms with Gasteiger partial charge in [-0.3, -0.25) is 24.9 Å². The minimum atomic E-state index is 0. The first kappa shape index (κ1) is 125. The second-order valence-electron chi connectivity index (χ2n) is 22.8. The number of rotatable bonds is 9. The number of pyridine rings is 3. The lowest BCUT2D eigenvalue weighted by molar-refractivity contribution is 0.737. The van der Waals surface area contributed by atoms with Gasteiger partial charge < -0.3 is 6.15 Å². The molecule has 0 aliphatic carbocycles. The molecular weight excluding hydrogens is 1310 g/mol. The van der Waals surface area contributed by atoms with Crippen LogP contribution in [-0.2, 0) is 0 Å². The highest BCUT2D eigenvalue weighted by Gasteiger charge is 2.01. The lowest BCUT2D eigenvalue weighted by Gasteiger charge is -2.01. The van der Waals surface area contributed by atoms with Gasteiger partial charge in [-0.2, -0.15) is 20.4 Å². The second kappa shape index (κ2) is 101. The van der Waals surface area contributed by atoms with Crippen LogP contribution in [0.4, 0.5) is 0 Å². The minimum Gasteiger partial charge on any atom is -0.344 e. The van der Waals surface area contributed by atoms with Gasteiger partial charge in [0.2, 0.25) is 0 Å². The van der Waals surface area contributed by atoms with Crippen molar-refractivity contribution in [1.82, 2.24) is 81.4 Å². The van der Waals surface area contributed by atoms with Crippen LogP contribution in [0.25, 0.3) is 0 Å². The summed E-state index contributed by atoms with van der Waals surface area (Å²) in [5.74, 6) is 6.51. The van der Waals surface area contributed by atoms with E-state index in [1.165, 1.54) is 22.3 Å². The molecule has 0 radical (unpaired) electrons. The predicted molar refractivity (Wildman–Crippen MR) is 471 cm³/mol. The molecule has 0 aliphatic heterocycles. The summed E-state index contributed by atoms with van der Waals surface area (Å²) < 4.78 is 0. The highest BCUT2D eigenvalue weighted by atomic mass is 15.1. The second-order valence-corrected chi connectivity index (χ2v) is 22.8. The van der Waals surface area contributed by atoms with Gasteiger partial charge in [0.15, 0.2) is 0 Å². The standard InChI is InChI=1S/3C8H11N.6C7H10N2.C4H10.10C2H6.H3N/c1-7(2)8-3-5-9-6-4-8;1-7(2)8-4-3-5-9-6-8;1-7(2)8-5-3-4-6-9-8;1-6(2)7-3-8-5-9-4-7;1-6(2)7-5-8-3-4-9-7;1-6(2)7-3-4-8-5-9-7;1-6(2)7-3-4-8-9-5-7;1-6(2)7-8-4-3-5-9-7;1-6(2)7-4-3-5-8-9-7;1-4(2)3;10*1-2;/h3*3-7H,1-2H3;6*3-6H,1-2H3;4H,1-3H3;10*1-2H3;1H3. The monoisotopic (exact) mass is 1470 g/mol. The van der Waals surface area contributed by atoms with Gasteiger partial charge in [-0.1, -0.05) is 296 Å². The van der Waals surface area contributed by atoms with Crippen LogP contribution in [0.5, 0.6) is 0 Å². The molecule has 0 aliphatic rings. The maximum Gasteiger partial charge on any atom is 0.130 e. The SMILES string of the molecule is CC.CC.CC.CC.CC.CC.CC.CC.CC.CC.CC(C)C.CC(C)c1ccccn1.CC(C)c1cccnc1.CC(C)c1cccnn1.CC(C)c1ccncc1.CC(C)c1ccncn1.CC(C)c1ccnnc1.CC(C)c1cnccn1.CC(C)c1cncnc1.CC(C)c1ncccn1.N. The van der Waals surface area contributed by atoms with Crippen molar-refractivity contribution in [3.05, 3.63) is 235 Å². The molecule has 0 bridgehead atoms. The summed E-state index contributed by atoms with van der Waals surface area (Å²) in [6.07, 6.45) is 31.7. The minimum absolute atomic E-state index is 0. The normalized spacial score (nSPS) is 8.63. The molecule has 9 rings (SSSR count). The van der Waals surface area contributed by atoms with Gasteiger partial charge in [0, 0.05) is 110 Å². The average molecular weight is 1470 g/mol. The maximum atomic E-state index is 4.18. The summed E-state index contributed by atoms with van der Waals surface area (Å²) in [5.41, 5.74) is 9.46. The van der Waals surface area contributed by atoms with Gasteiger partial charge in [-0.25, -0.2) is 29.9 Å². The largest absolute Gasteiger partial charge is 0.344 e. The number of nitrogens with zero attached hydrogens (tertiary/aromatic N) is 15. The first-order valence-corrected chi connectivity index (χ1v) is 39.8. The zero-order valence-corrected chi connectivity index (χ0v) is 76.0. The van der Waals surface area contributed by atoms with E-state index in [0.29, 0.717) is 53.3 Å². The van der Waals surface area contributed by atoms with Crippen LogP contribution in [-0.4, -0.2) is 75.2 Å². The third kappa shape index (κ3) is 86.5. The molecule has 0 unspecified atom stereocenters. The Balaban J connectivity index is -0.0000000903. The number of aromatic nitrogens is 15. The zero-order valence-electron chi connectivity index (χ0n) is 76.0. The van der Waals surface area contributed by atoms with Crippen molar-refractivity contribution in [3.8, 4) is 0 Å². The van der Waals surface area contributed by atoms with Crippen molar-refractivity contribution < 1.29 is 0 Å². The van der Waals surface area contributed by atoms with Crippen molar-refractivity contribution in [3.63, 3.8) is 0 Å². The zero-order chi connectivity index (χ0) is 83.8. The fraction of sp³-hybridized carbons (Fsp3) is 0.567. The molecular formula is C90H166N16. The predicted octanol–water partition coefficient (Wildman–Crippen LogP) is 28.3. The van der Waals surface area contributed by atoms with Crippen molar-refractivity contribution >= 4 is 0 Å². The molecule has 16 heteroatoms. The summed E-state index contributed by atoms with van der Waals surface area (Å²) in [7, 11) is 0. The van der Waals surface area contributed by atoms with Gasteiger partial charge in [-0.05, 0) is 136 Å². The van der Waals surface area contributed by atoms with Gasteiger partial charge in [0.1, 0.15) is 18.5 Å².